The first kappa shape index (κ1) is 17.2. The Balaban J connectivity index is 1.39. The molecule has 144 valence electrons. The number of hydrogen-bond donors (Lipinski definition) is 0. The van der Waals surface area contributed by atoms with Crippen LogP contribution in [0, 0.1) is 0 Å². The average Bonchev–Trinajstić information content (AvgIpc) is 3.15. The van der Waals surface area contributed by atoms with Crippen molar-refractivity contribution in [1.29, 1.82) is 0 Å². The molecule has 3 aromatic rings. The molecule has 0 aromatic carbocycles. The van der Waals surface area contributed by atoms with E-state index in [0.29, 0.717) is 37.5 Å². The molecule has 28 heavy (non-hydrogen) atoms. The van der Waals surface area contributed by atoms with Crippen LogP contribution in [0.2, 0.25) is 0 Å². The molecule has 0 radical (unpaired) electrons. The maximum absolute atomic E-state index is 14.5. The molecule has 0 spiro atoms. The van der Waals surface area contributed by atoms with Crippen LogP contribution < -0.4 is 0 Å². The topological polar surface area (TPSA) is 72.6 Å². The lowest BCUT2D eigenvalue weighted by molar-refractivity contribution is -0.157. The summed E-state index contributed by atoms with van der Waals surface area (Å²) in [4.78, 5) is 22.7. The maximum Gasteiger partial charge on any atom is 0.260 e. The highest BCUT2D eigenvalue weighted by Gasteiger charge is 2.48. The van der Waals surface area contributed by atoms with Gasteiger partial charge in [0.1, 0.15) is 6.10 Å². The maximum atomic E-state index is 14.5. The number of alkyl halides is 1. The Morgan fingerprint density at radius 1 is 1.25 bits per heavy atom. The summed E-state index contributed by atoms with van der Waals surface area (Å²) in [6.45, 7) is 1.03. The van der Waals surface area contributed by atoms with Gasteiger partial charge in [-0.2, -0.15) is 0 Å². The second-order valence-corrected chi connectivity index (χ2v) is 7.36. The summed E-state index contributed by atoms with van der Waals surface area (Å²) in [5.74, 6) is 0.0806. The summed E-state index contributed by atoms with van der Waals surface area (Å²) < 4.78 is 22.0. The zero-order valence-corrected chi connectivity index (χ0v) is 15.3. The minimum Gasteiger partial charge on any atom is -0.366 e. The van der Waals surface area contributed by atoms with Gasteiger partial charge in [0, 0.05) is 36.3 Å². The molecule has 1 atom stereocenters. The first-order valence-corrected chi connectivity index (χ1v) is 9.49. The summed E-state index contributed by atoms with van der Waals surface area (Å²) >= 11 is 0. The second-order valence-electron chi connectivity index (χ2n) is 7.36. The van der Waals surface area contributed by atoms with Gasteiger partial charge in [0.15, 0.2) is 17.1 Å². The lowest BCUT2D eigenvalue weighted by atomic mass is 9.81. The summed E-state index contributed by atoms with van der Waals surface area (Å²) in [5.41, 5.74) is 0.964. The molecule has 1 aliphatic carbocycles. The van der Waals surface area contributed by atoms with Crippen LogP contribution in [0.25, 0.3) is 16.8 Å². The SMILES string of the molecule is O=C(N1CCO[C@H](c2nc3ccc(-c4cccnc4)cn3n2)C1)C1(F)CCC1. The van der Waals surface area contributed by atoms with E-state index in [1.165, 1.54) is 0 Å². The minimum atomic E-state index is -1.69. The van der Waals surface area contributed by atoms with Crippen LogP contribution in [-0.2, 0) is 9.53 Å². The Hall–Kier alpha value is -2.87. The Labute approximate surface area is 161 Å². The van der Waals surface area contributed by atoms with E-state index in [-0.39, 0.29) is 6.54 Å². The Kier molecular flexibility index (Phi) is 4.08. The number of pyridine rings is 2. The van der Waals surface area contributed by atoms with Gasteiger partial charge < -0.3 is 9.64 Å². The highest BCUT2D eigenvalue weighted by atomic mass is 19.1. The first-order chi connectivity index (χ1) is 13.6. The molecule has 2 fully saturated rings. The van der Waals surface area contributed by atoms with E-state index in [4.69, 9.17) is 4.74 Å². The molecule has 0 unspecified atom stereocenters. The van der Waals surface area contributed by atoms with Crippen molar-refractivity contribution in [2.24, 2.45) is 0 Å². The predicted molar refractivity (Wildman–Crippen MR) is 99.2 cm³/mol. The fourth-order valence-electron chi connectivity index (χ4n) is 3.72. The predicted octanol–water partition coefficient (Wildman–Crippen LogP) is 2.58. The highest BCUT2D eigenvalue weighted by Crippen LogP contribution is 2.38. The van der Waals surface area contributed by atoms with Crippen LogP contribution in [0.4, 0.5) is 4.39 Å². The molecule has 1 aliphatic heterocycles. The van der Waals surface area contributed by atoms with E-state index in [2.05, 4.69) is 15.1 Å². The smallest absolute Gasteiger partial charge is 0.260 e. The van der Waals surface area contributed by atoms with Gasteiger partial charge in [-0.05, 0) is 37.5 Å². The van der Waals surface area contributed by atoms with Crippen LogP contribution in [0.1, 0.15) is 31.2 Å². The van der Waals surface area contributed by atoms with E-state index < -0.39 is 17.7 Å². The van der Waals surface area contributed by atoms with Gasteiger partial charge in [0.25, 0.3) is 5.91 Å². The molecule has 1 saturated carbocycles. The summed E-state index contributed by atoms with van der Waals surface area (Å²) in [6, 6.07) is 7.71. The van der Waals surface area contributed by atoms with Gasteiger partial charge in [-0.3, -0.25) is 9.78 Å². The number of hydrogen-bond acceptors (Lipinski definition) is 5. The molecule has 1 saturated heterocycles. The van der Waals surface area contributed by atoms with Crippen molar-refractivity contribution >= 4 is 11.6 Å². The number of carbonyl (C=O) groups excluding carboxylic acids is 1. The van der Waals surface area contributed by atoms with Crippen molar-refractivity contribution in [2.45, 2.75) is 31.0 Å². The van der Waals surface area contributed by atoms with E-state index in [0.717, 1.165) is 17.5 Å². The van der Waals surface area contributed by atoms with Gasteiger partial charge in [0.2, 0.25) is 0 Å². The molecular weight excluding hydrogens is 361 g/mol. The van der Waals surface area contributed by atoms with E-state index in [9.17, 15) is 9.18 Å². The Morgan fingerprint density at radius 2 is 2.14 bits per heavy atom. The van der Waals surface area contributed by atoms with Gasteiger partial charge in [-0.15, -0.1) is 5.10 Å². The van der Waals surface area contributed by atoms with Crippen LogP contribution in [0.5, 0.6) is 0 Å². The first-order valence-electron chi connectivity index (χ1n) is 9.49. The number of fused-ring (bicyclic) bond motifs is 1. The number of ether oxygens (including phenoxy) is 1. The highest BCUT2D eigenvalue weighted by molar-refractivity contribution is 5.86. The number of amides is 1. The number of halogens is 1. The van der Waals surface area contributed by atoms with Crippen molar-refractivity contribution in [1.82, 2.24) is 24.5 Å². The normalized spacial score (nSPS) is 21.5. The third-order valence-corrected chi connectivity index (χ3v) is 5.51. The summed E-state index contributed by atoms with van der Waals surface area (Å²) in [6.07, 6.45) is 6.36. The third kappa shape index (κ3) is 2.93. The summed E-state index contributed by atoms with van der Waals surface area (Å²) in [5, 5.41) is 4.54. The van der Waals surface area contributed by atoms with E-state index in [1.54, 1.807) is 21.8 Å². The Morgan fingerprint density at radius 3 is 2.89 bits per heavy atom. The molecule has 0 bridgehead atoms. The molecule has 0 N–H and O–H groups in total. The second kappa shape index (κ2) is 6.63. The fourth-order valence-corrected chi connectivity index (χ4v) is 3.72. The lowest BCUT2D eigenvalue weighted by Gasteiger charge is -2.39. The standard InChI is InChI=1S/C20H20FN5O2/c21-20(6-2-7-20)19(27)25-9-10-28-16(13-25)18-23-17-5-4-15(12-26(17)24-18)14-3-1-8-22-11-14/h1,3-5,8,11-12,16H,2,6-7,9-10,13H2/t16-/m0/s1. The van der Waals surface area contributed by atoms with Crippen LogP contribution >= 0.6 is 0 Å². The molecule has 8 heteroatoms. The van der Waals surface area contributed by atoms with E-state index >= 15 is 0 Å². The fraction of sp³-hybridized carbons (Fsp3) is 0.400. The molecule has 4 heterocycles. The van der Waals surface area contributed by atoms with Crippen molar-refractivity contribution in [3.05, 3.63) is 48.7 Å². The van der Waals surface area contributed by atoms with Gasteiger partial charge in [-0.1, -0.05) is 6.07 Å². The number of carbonyl (C=O) groups is 1. The van der Waals surface area contributed by atoms with Crippen molar-refractivity contribution in [3.8, 4) is 11.1 Å². The Bertz CT molecular complexity index is 1020. The van der Waals surface area contributed by atoms with Crippen molar-refractivity contribution in [3.63, 3.8) is 0 Å². The molecular formula is C20H20FN5O2. The third-order valence-electron chi connectivity index (χ3n) is 5.51. The zero-order valence-electron chi connectivity index (χ0n) is 15.3. The van der Waals surface area contributed by atoms with Crippen molar-refractivity contribution in [2.75, 3.05) is 19.7 Å². The van der Waals surface area contributed by atoms with Crippen LogP contribution in [0.3, 0.4) is 0 Å². The zero-order chi connectivity index (χ0) is 19.1. The monoisotopic (exact) mass is 381 g/mol. The molecule has 2 aliphatic rings. The summed E-state index contributed by atoms with van der Waals surface area (Å²) in [7, 11) is 0. The van der Waals surface area contributed by atoms with Crippen molar-refractivity contribution < 1.29 is 13.9 Å². The van der Waals surface area contributed by atoms with Gasteiger partial charge in [-0.25, -0.2) is 13.9 Å². The number of morpholine rings is 1. The van der Waals surface area contributed by atoms with Crippen LogP contribution in [-0.4, -0.2) is 55.8 Å². The largest absolute Gasteiger partial charge is 0.366 e. The van der Waals surface area contributed by atoms with E-state index in [1.807, 2.05) is 30.5 Å². The molecule has 1 amide bonds. The average molecular weight is 381 g/mol. The quantitative estimate of drug-likeness (QED) is 0.697. The molecule has 5 rings (SSSR count). The van der Waals surface area contributed by atoms with Gasteiger partial charge >= 0.3 is 0 Å². The lowest BCUT2D eigenvalue weighted by Crippen LogP contribution is -2.54. The number of aromatic nitrogens is 4. The minimum absolute atomic E-state index is 0.275. The molecule has 7 nitrogen and oxygen atoms in total. The number of rotatable bonds is 3. The van der Waals surface area contributed by atoms with Crippen LogP contribution in [0.15, 0.2) is 42.9 Å². The van der Waals surface area contributed by atoms with Gasteiger partial charge in [0.05, 0.1) is 13.2 Å². The molecule has 3 aromatic heterocycles. The number of nitrogens with zero attached hydrogens (tertiary/aromatic N) is 5.